The maximum absolute atomic E-state index is 13.1. The third-order valence-corrected chi connectivity index (χ3v) is 5.54. The second-order valence-electron chi connectivity index (χ2n) is 6.09. The second-order valence-corrected chi connectivity index (χ2v) is 8.10. The van der Waals surface area contributed by atoms with Gasteiger partial charge in [0.1, 0.15) is 0 Å². The molecule has 1 aliphatic heterocycles. The van der Waals surface area contributed by atoms with Crippen LogP contribution < -0.4 is 9.21 Å². The molecular weight excluding hydrogens is 324 g/mol. The van der Waals surface area contributed by atoms with Gasteiger partial charge < -0.3 is 4.90 Å². The molecule has 0 aliphatic carbocycles. The number of aryl methyl sites for hydroxylation is 1. The van der Waals surface area contributed by atoms with Crippen molar-refractivity contribution in [2.45, 2.75) is 13.3 Å². The maximum Gasteiger partial charge on any atom is 0.260 e. The van der Waals surface area contributed by atoms with Gasteiger partial charge in [-0.15, -0.1) is 0 Å². The summed E-state index contributed by atoms with van der Waals surface area (Å²) in [6.45, 7) is 2.63. The molecule has 2 aromatic carbocycles. The van der Waals surface area contributed by atoms with Crippen LogP contribution in [0.1, 0.15) is 21.5 Å². The number of carbonyl (C=O) groups excluding carboxylic acids is 1. The predicted octanol–water partition coefficient (Wildman–Crippen LogP) is 2.59. The Labute approximate surface area is 142 Å². The molecule has 0 saturated heterocycles. The number of anilines is 2. The lowest BCUT2D eigenvalue weighted by Crippen LogP contribution is -2.32. The summed E-state index contributed by atoms with van der Waals surface area (Å²) < 4.78 is 24.9. The fraction of sp³-hybridized carbons (Fsp3) is 0.278. The van der Waals surface area contributed by atoms with E-state index in [-0.39, 0.29) is 5.91 Å². The molecule has 0 saturated carbocycles. The van der Waals surface area contributed by atoms with E-state index in [9.17, 15) is 13.2 Å². The van der Waals surface area contributed by atoms with Crippen molar-refractivity contribution < 1.29 is 13.2 Å². The molecule has 1 heterocycles. The molecule has 0 spiro atoms. The van der Waals surface area contributed by atoms with E-state index in [2.05, 4.69) is 6.07 Å². The first kappa shape index (κ1) is 16.5. The van der Waals surface area contributed by atoms with E-state index in [1.165, 1.54) is 12.6 Å². The Kier molecular flexibility index (Phi) is 4.09. The molecule has 6 heteroatoms. The minimum absolute atomic E-state index is 0.177. The largest absolute Gasteiger partial charge is 0.308 e. The van der Waals surface area contributed by atoms with Crippen LogP contribution in [0.2, 0.25) is 0 Å². The standard InChI is InChI=1S/C18H20N2O3S/c1-13-8-9-16-14(12-13)10-11-20(16)18(21)15-6-4-5-7-17(15)19(2)24(3,22)23/h4-9,12H,10-11H2,1-3H3. The minimum Gasteiger partial charge on any atom is -0.308 e. The second kappa shape index (κ2) is 5.94. The van der Waals surface area contributed by atoms with E-state index in [1.54, 1.807) is 29.2 Å². The summed E-state index contributed by atoms with van der Waals surface area (Å²) in [6, 6.07) is 12.8. The van der Waals surface area contributed by atoms with Crippen LogP contribution in [0.4, 0.5) is 11.4 Å². The first-order valence-electron chi connectivity index (χ1n) is 7.73. The molecule has 0 aromatic heterocycles. The van der Waals surface area contributed by atoms with Crippen molar-refractivity contribution >= 4 is 27.3 Å². The third-order valence-electron chi connectivity index (χ3n) is 4.35. The van der Waals surface area contributed by atoms with Gasteiger partial charge in [0, 0.05) is 19.3 Å². The Hall–Kier alpha value is -2.34. The zero-order chi connectivity index (χ0) is 17.5. The Morgan fingerprint density at radius 2 is 1.88 bits per heavy atom. The lowest BCUT2D eigenvalue weighted by molar-refractivity contribution is 0.0990. The number of rotatable bonds is 3. The molecular formula is C18H20N2O3S. The molecule has 0 bridgehead atoms. The Morgan fingerprint density at radius 1 is 1.17 bits per heavy atom. The lowest BCUT2D eigenvalue weighted by atomic mass is 10.1. The van der Waals surface area contributed by atoms with E-state index >= 15 is 0 Å². The Bertz CT molecular complexity index is 906. The number of hydrogen-bond donors (Lipinski definition) is 0. The molecule has 0 fully saturated rings. The zero-order valence-electron chi connectivity index (χ0n) is 14.0. The van der Waals surface area contributed by atoms with Crippen LogP contribution in [0.5, 0.6) is 0 Å². The number of nitrogens with zero attached hydrogens (tertiary/aromatic N) is 2. The van der Waals surface area contributed by atoms with Crippen LogP contribution >= 0.6 is 0 Å². The van der Waals surface area contributed by atoms with Crippen molar-refractivity contribution in [3.8, 4) is 0 Å². The molecule has 5 nitrogen and oxygen atoms in total. The van der Waals surface area contributed by atoms with Gasteiger partial charge in [0.15, 0.2) is 0 Å². The average molecular weight is 344 g/mol. The molecule has 1 aliphatic rings. The van der Waals surface area contributed by atoms with Gasteiger partial charge in [-0.25, -0.2) is 8.42 Å². The number of para-hydroxylation sites is 1. The van der Waals surface area contributed by atoms with E-state index < -0.39 is 10.0 Å². The lowest BCUT2D eigenvalue weighted by Gasteiger charge is -2.23. The monoisotopic (exact) mass is 344 g/mol. The first-order valence-corrected chi connectivity index (χ1v) is 9.58. The molecule has 3 rings (SSSR count). The van der Waals surface area contributed by atoms with Gasteiger partial charge in [0.2, 0.25) is 10.0 Å². The van der Waals surface area contributed by atoms with Crippen LogP contribution in [0.15, 0.2) is 42.5 Å². The van der Waals surface area contributed by atoms with Crippen LogP contribution in [-0.2, 0) is 16.4 Å². The van der Waals surface area contributed by atoms with Gasteiger partial charge in [0.05, 0.1) is 17.5 Å². The van der Waals surface area contributed by atoms with Crippen molar-refractivity contribution in [1.29, 1.82) is 0 Å². The smallest absolute Gasteiger partial charge is 0.260 e. The fourth-order valence-electron chi connectivity index (χ4n) is 2.99. The fourth-order valence-corrected chi connectivity index (χ4v) is 3.51. The summed E-state index contributed by atoms with van der Waals surface area (Å²) >= 11 is 0. The highest BCUT2D eigenvalue weighted by atomic mass is 32.2. The molecule has 0 radical (unpaired) electrons. The van der Waals surface area contributed by atoms with Crippen LogP contribution in [0.3, 0.4) is 0 Å². The highest BCUT2D eigenvalue weighted by Gasteiger charge is 2.28. The van der Waals surface area contributed by atoms with Gasteiger partial charge in [0.25, 0.3) is 5.91 Å². The van der Waals surface area contributed by atoms with E-state index in [0.29, 0.717) is 17.8 Å². The zero-order valence-corrected chi connectivity index (χ0v) is 14.8. The number of benzene rings is 2. The summed E-state index contributed by atoms with van der Waals surface area (Å²) in [6.07, 6.45) is 1.94. The number of hydrogen-bond acceptors (Lipinski definition) is 3. The molecule has 0 N–H and O–H groups in total. The summed E-state index contributed by atoms with van der Waals surface area (Å²) in [4.78, 5) is 14.8. The van der Waals surface area contributed by atoms with E-state index in [4.69, 9.17) is 0 Å². The third kappa shape index (κ3) is 2.89. The first-order chi connectivity index (χ1) is 11.3. The van der Waals surface area contributed by atoms with Crippen LogP contribution in [-0.4, -0.2) is 34.2 Å². The molecule has 24 heavy (non-hydrogen) atoms. The molecule has 1 amide bonds. The van der Waals surface area contributed by atoms with Crippen molar-refractivity contribution in [2.75, 3.05) is 29.1 Å². The SMILES string of the molecule is Cc1ccc2c(c1)CCN2C(=O)c1ccccc1N(C)S(C)(=O)=O. The van der Waals surface area contributed by atoms with Gasteiger partial charge in [-0.05, 0) is 37.1 Å². The van der Waals surface area contributed by atoms with Crippen molar-refractivity contribution in [1.82, 2.24) is 0 Å². The number of sulfonamides is 1. The number of amides is 1. The van der Waals surface area contributed by atoms with Gasteiger partial charge in [-0.2, -0.15) is 0 Å². The maximum atomic E-state index is 13.1. The van der Waals surface area contributed by atoms with Gasteiger partial charge >= 0.3 is 0 Å². The summed E-state index contributed by atoms with van der Waals surface area (Å²) in [5.41, 5.74) is 4.00. The molecule has 0 atom stereocenters. The topological polar surface area (TPSA) is 57.7 Å². The molecule has 2 aromatic rings. The van der Waals surface area contributed by atoms with Crippen molar-refractivity contribution in [3.63, 3.8) is 0 Å². The van der Waals surface area contributed by atoms with Crippen molar-refractivity contribution in [3.05, 3.63) is 59.2 Å². The normalized spacial score (nSPS) is 13.7. The summed E-state index contributed by atoms with van der Waals surface area (Å²) in [5.74, 6) is -0.177. The van der Waals surface area contributed by atoms with E-state index in [0.717, 1.165) is 28.2 Å². The molecule has 0 unspecified atom stereocenters. The summed E-state index contributed by atoms with van der Waals surface area (Å²) in [7, 11) is -1.98. The quantitative estimate of drug-likeness (QED) is 0.860. The Balaban J connectivity index is 2.02. The number of fused-ring (bicyclic) bond motifs is 1. The molecule has 126 valence electrons. The average Bonchev–Trinajstić information content (AvgIpc) is 2.95. The predicted molar refractivity (Wildman–Crippen MR) is 96.2 cm³/mol. The van der Waals surface area contributed by atoms with Gasteiger partial charge in [-0.3, -0.25) is 9.10 Å². The van der Waals surface area contributed by atoms with E-state index in [1.807, 2.05) is 19.1 Å². The van der Waals surface area contributed by atoms with Crippen LogP contribution in [0.25, 0.3) is 0 Å². The van der Waals surface area contributed by atoms with Crippen molar-refractivity contribution in [2.24, 2.45) is 0 Å². The Morgan fingerprint density at radius 3 is 2.58 bits per heavy atom. The minimum atomic E-state index is -3.44. The highest BCUT2D eigenvalue weighted by molar-refractivity contribution is 7.92. The highest BCUT2D eigenvalue weighted by Crippen LogP contribution is 2.32. The van der Waals surface area contributed by atoms with Crippen LogP contribution in [0, 0.1) is 6.92 Å². The van der Waals surface area contributed by atoms with Gasteiger partial charge in [-0.1, -0.05) is 29.8 Å². The number of carbonyl (C=O) groups is 1. The summed E-state index contributed by atoms with van der Waals surface area (Å²) in [5, 5.41) is 0.